The lowest BCUT2D eigenvalue weighted by atomic mass is 10.1. The molecule has 150 valence electrons. The standard InChI is InChI=1S/C22H22N2O5/c1-14-9-10-16-17(13-14)21(27)24(20(16)26)12-11-18(25)29-19(22(28)23(2)3)15-7-5-4-6-8-15/h4-10,13,19H,11-12H2,1-3H3. The Bertz CT molecular complexity index is 968. The van der Waals surface area contributed by atoms with E-state index in [4.69, 9.17) is 4.74 Å². The first-order chi connectivity index (χ1) is 13.8. The van der Waals surface area contributed by atoms with Gasteiger partial charge in [-0.25, -0.2) is 0 Å². The fraction of sp³-hybridized carbons (Fsp3) is 0.273. The van der Waals surface area contributed by atoms with Gasteiger partial charge in [-0.3, -0.25) is 24.1 Å². The van der Waals surface area contributed by atoms with Gasteiger partial charge in [0, 0.05) is 26.2 Å². The van der Waals surface area contributed by atoms with Crippen molar-refractivity contribution in [3.8, 4) is 0 Å². The van der Waals surface area contributed by atoms with E-state index in [1.165, 1.54) is 4.90 Å². The molecule has 1 unspecified atom stereocenters. The van der Waals surface area contributed by atoms with Crippen LogP contribution in [0.25, 0.3) is 0 Å². The molecule has 29 heavy (non-hydrogen) atoms. The number of fused-ring (bicyclic) bond motifs is 1. The summed E-state index contributed by atoms with van der Waals surface area (Å²) in [7, 11) is 3.15. The maximum Gasteiger partial charge on any atom is 0.308 e. The Balaban J connectivity index is 1.68. The molecule has 1 aliphatic rings. The van der Waals surface area contributed by atoms with Crippen LogP contribution in [0.5, 0.6) is 0 Å². The van der Waals surface area contributed by atoms with Crippen molar-refractivity contribution >= 4 is 23.7 Å². The number of hydrogen-bond acceptors (Lipinski definition) is 5. The summed E-state index contributed by atoms with van der Waals surface area (Å²) in [5.74, 6) is -1.89. The Morgan fingerprint density at radius 2 is 1.66 bits per heavy atom. The second kappa shape index (κ2) is 8.26. The van der Waals surface area contributed by atoms with Crippen LogP contribution in [-0.2, 0) is 14.3 Å². The number of aryl methyl sites for hydroxylation is 1. The van der Waals surface area contributed by atoms with Crippen LogP contribution in [0.3, 0.4) is 0 Å². The fourth-order valence-electron chi connectivity index (χ4n) is 3.12. The zero-order chi connectivity index (χ0) is 21.1. The van der Waals surface area contributed by atoms with Crippen LogP contribution in [0.1, 0.15) is 44.4 Å². The van der Waals surface area contributed by atoms with Crippen molar-refractivity contribution in [3.05, 3.63) is 70.8 Å². The Morgan fingerprint density at radius 3 is 2.31 bits per heavy atom. The minimum Gasteiger partial charge on any atom is -0.447 e. The molecule has 1 atom stereocenters. The number of carbonyl (C=O) groups excluding carboxylic acids is 4. The van der Waals surface area contributed by atoms with Crippen LogP contribution in [-0.4, -0.2) is 54.1 Å². The van der Waals surface area contributed by atoms with Gasteiger partial charge in [0.15, 0.2) is 0 Å². The van der Waals surface area contributed by atoms with Gasteiger partial charge in [0.05, 0.1) is 17.5 Å². The van der Waals surface area contributed by atoms with E-state index in [1.54, 1.807) is 62.6 Å². The highest BCUT2D eigenvalue weighted by Crippen LogP contribution is 2.25. The van der Waals surface area contributed by atoms with Crippen LogP contribution in [0.15, 0.2) is 48.5 Å². The summed E-state index contributed by atoms with van der Waals surface area (Å²) in [5, 5.41) is 0. The molecule has 2 aromatic rings. The molecular formula is C22H22N2O5. The van der Waals surface area contributed by atoms with E-state index in [-0.39, 0.29) is 18.9 Å². The summed E-state index contributed by atoms with van der Waals surface area (Å²) in [6.45, 7) is 1.73. The number of hydrogen-bond donors (Lipinski definition) is 0. The van der Waals surface area contributed by atoms with Crippen molar-refractivity contribution in [1.82, 2.24) is 9.80 Å². The van der Waals surface area contributed by atoms with Gasteiger partial charge in [0.25, 0.3) is 17.7 Å². The zero-order valence-corrected chi connectivity index (χ0v) is 16.5. The molecule has 3 amide bonds. The molecular weight excluding hydrogens is 372 g/mol. The van der Waals surface area contributed by atoms with Gasteiger partial charge in [-0.2, -0.15) is 0 Å². The first-order valence-corrected chi connectivity index (χ1v) is 9.22. The van der Waals surface area contributed by atoms with Gasteiger partial charge in [0.1, 0.15) is 0 Å². The molecule has 0 fully saturated rings. The summed E-state index contributed by atoms with van der Waals surface area (Å²) in [5.41, 5.74) is 2.10. The van der Waals surface area contributed by atoms with Gasteiger partial charge in [-0.15, -0.1) is 0 Å². The highest BCUT2D eigenvalue weighted by molar-refractivity contribution is 6.21. The van der Waals surface area contributed by atoms with Gasteiger partial charge in [-0.05, 0) is 19.1 Å². The molecule has 0 radical (unpaired) electrons. The highest BCUT2D eigenvalue weighted by atomic mass is 16.5. The third kappa shape index (κ3) is 4.18. The first kappa shape index (κ1) is 20.3. The summed E-state index contributed by atoms with van der Waals surface area (Å²) in [6.07, 6.45) is -1.28. The smallest absolute Gasteiger partial charge is 0.308 e. The maximum atomic E-state index is 12.5. The normalized spacial score (nSPS) is 13.8. The van der Waals surface area contributed by atoms with E-state index in [9.17, 15) is 19.2 Å². The number of likely N-dealkylation sites (N-methyl/N-ethyl adjacent to an activating group) is 1. The lowest BCUT2D eigenvalue weighted by Crippen LogP contribution is -2.34. The summed E-state index contributed by atoms with van der Waals surface area (Å²) in [4.78, 5) is 52.2. The quantitative estimate of drug-likeness (QED) is 0.555. The molecule has 1 aliphatic heterocycles. The van der Waals surface area contributed by atoms with Gasteiger partial charge in [-0.1, -0.05) is 42.0 Å². The number of amides is 3. The van der Waals surface area contributed by atoms with E-state index >= 15 is 0 Å². The molecule has 7 heteroatoms. The second-order valence-electron chi connectivity index (χ2n) is 7.07. The monoisotopic (exact) mass is 394 g/mol. The topological polar surface area (TPSA) is 84.0 Å². The number of benzene rings is 2. The summed E-state index contributed by atoms with van der Waals surface area (Å²) >= 11 is 0. The lowest BCUT2D eigenvalue weighted by molar-refractivity contribution is -0.159. The third-order valence-corrected chi connectivity index (χ3v) is 4.68. The van der Waals surface area contributed by atoms with E-state index < -0.39 is 23.9 Å². The van der Waals surface area contributed by atoms with Crippen molar-refractivity contribution in [2.75, 3.05) is 20.6 Å². The Hall–Kier alpha value is -3.48. The maximum absolute atomic E-state index is 12.5. The number of esters is 1. The molecule has 0 spiro atoms. The second-order valence-corrected chi connectivity index (χ2v) is 7.07. The Morgan fingerprint density at radius 1 is 1.00 bits per heavy atom. The van der Waals surface area contributed by atoms with Crippen molar-refractivity contribution in [2.24, 2.45) is 0 Å². The van der Waals surface area contributed by atoms with Gasteiger partial charge < -0.3 is 9.64 Å². The minimum atomic E-state index is -1.08. The lowest BCUT2D eigenvalue weighted by Gasteiger charge is -2.21. The van der Waals surface area contributed by atoms with Crippen molar-refractivity contribution in [2.45, 2.75) is 19.4 Å². The molecule has 2 aromatic carbocycles. The number of nitrogens with zero attached hydrogens (tertiary/aromatic N) is 2. The molecule has 0 N–H and O–H groups in total. The van der Waals surface area contributed by atoms with Gasteiger partial charge in [0.2, 0.25) is 6.10 Å². The van der Waals surface area contributed by atoms with Crippen LogP contribution in [0.4, 0.5) is 0 Å². The summed E-state index contributed by atoms with van der Waals surface area (Å²) in [6, 6.07) is 13.7. The molecule has 0 saturated heterocycles. The van der Waals surface area contributed by atoms with E-state index in [1.807, 2.05) is 6.92 Å². The summed E-state index contributed by atoms with van der Waals surface area (Å²) < 4.78 is 5.41. The van der Waals surface area contributed by atoms with E-state index in [0.717, 1.165) is 10.5 Å². The number of rotatable bonds is 6. The average molecular weight is 394 g/mol. The molecule has 0 saturated carbocycles. The van der Waals surface area contributed by atoms with E-state index in [0.29, 0.717) is 16.7 Å². The van der Waals surface area contributed by atoms with Crippen LogP contribution in [0, 0.1) is 6.92 Å². The molecule has 0 bridgehead atoms. The van der Waals surface area contributed by atoms with Crippen molar-refractivity contribution in [1.29, 1.82) is 0 Å². The molecule has 0 aromatic heterocycles. The predicted octanol–water partition coefficient (Wildman–Crippen LogP) is 2.35. The Kier molecular flexibility index (Phi) is 5.77. The predicted molar refractivity (Wildman–Crippen MR) is 105 cm³/mol. The largest absolute Gasteiger partial charge is 0.447 e. The Labute approximate surface area is 168 Å². The highest BCUT2D eigenvalue weighted by Gasteiger charge is 2.36. The third-order valence-electron chi connectivity index (χ3n) is 4.68. The SMILES string of the molecule is Cc1ccc2c(c1)C(=O)N(CCC(=O)OC(C(=O)N(C)C)c1ccccc1)C2=O. The van der Waals surface area contributed by atoms with Crippen LogP contribution < -0.4 is 0 Å². The fourth-order valence-corrected chi connectivity index (χ4v) is 3.12. The number of carbonyl (C=O) groups is 4. The number of ether oxygens (including phenoxy) is 1. The molecule has 1 heterocycles. The molecule has 7 nitrogen and oxygen atoms in total. The van der Waals surface area contributed by atoms with Crippen molar-refractivity contribution < 1.29 is 23.9 Å². The van der Waals surface area contributed by atoms with Crippen molar-refractivity contribution in [3.63, 3.8) is 0 Å². The average Bonchev–Trinajstić information content (AvgIpc) is 2.94. The molecule has 3 rings (SSSR count). The van der Waals surface area contributed by atoms with Gasteiger partial charge >= 0.3 is 5.97 Å². The van der Waals surface area contributed by atoms with Crippen LogP contribution >= 0.6 is 0 Å². The minimum absolute atomic E-state index is 0.109. The van der Waals surface area contributed by atoms with Crippen LogP contribution in [0.2, 0.25) is 0 Å². The van der Waals surface area contributed by atoms with E-state index in [2.05, 4.69) is 0 Å². The number of imide groups is 1. The zero-order valence-electron chi connectivity index (χ0n) is 16.5. The molecule has 0 aliphatic carbocycles. The first-order valence-electron chi connectivity index (χ1n) is 9.22.